The van der Waals surface area contributed by atoms with E-state index in [1.807, 2.05) is 31.2 Å². The molecule has 0 atom stereocenters. The molecule has 7 nitrogen and oxygen atoms in total. The van der Waals surface area contributed by atoms with Crippen molar-refractivity contribution in [2.75, 3.05) is 0 Å². The van der Waals surface area contributed by atoms with Crippen LogP contribution < -0.4 is 4.74 Å². The second-order valence-electron chi connectivity index (χ2n) is 7.35. The maximum atomic E-state index is 12.4. The van der Waals surface area contributed by atoms with Crippen molar-refractivity contribution in [2.45, 2.75) is 13.5 Å². The Hall–Kier alpha value is -3.01. The van der Waals surface area contributed by atoms with Crippen LogP contribution >= 0.6 is 43.5 Å². The molecule has 0 unspecified atom stereocenters. The lowest BCUT2D eigenvalue weighted by molar-refractivity contribution is -0.384. The van der Waals surface area contributed by atoms with Crippen LogP contribution in [0.2, 0.25) is 5.02 Å². The summed E-state index contributed by atoms with van der Waals surface area (Å²) in [5, 5.41) is 11.2. The Morgan fingerprint density at radius 3 is 2.44 bits per heavy atom. The number of esters is 1. The quantitative estimate of drug-likeness (QED) is 0.130. The van der Waals surface area contributed by atoms with Gasteiger partial charge in [-0.2, -0.15) is 0 Å². The third-order valence-corrected chi connectivity index (χ3v) is 6.35. The summed E-state index contributed by atoms with van der Waals surface area (Å²) < 4.78 is 12.5. The van der Waals surface area contributed by atoms with Crippen LogP contribution in [0.25, 0.3) is 6.08 Å². The van der Waals surface area contributed by atoms with E-state index in [-0.39, 0.29) is 27.9 Å². The molecule has 1 aliphatic rings. The van der Waals surface area contributed by atoms with Crippen molar-refractivity contribution < 1.29 is 19.2 Å². The largest absolute Gasteiger partial charge is 0.487 e. The minimum atomic E-state index is -0.690. The first kappa shape index (κ1) is 24.1. The zero-order valence-electron chi connectivity index (χ0n) is 17.6. The number of carbonyl (C=O) groups is 1. The van der Waals surface area contributed by atoms with E-state index in [1.54, 1.807) is 18.2 Å². The predicted octanol–water partition coefficient (Wildman–Crippen LogP) is 7.01. The molecule has 0 N–H and O–H groups in total. The van der Waals surface area contributed by atoms with E-state index < -0.39 is 10.9 Å². The molecule has 10 heteroatoms. The normalized spacial score (nSPS) is 14.2. The van der Waals surface area contributed by atoms with E-state index in [9.17, 15) is 14.9 Å². The summed E-state index contributed by atoms with van der Waals surface area (Å²) in [6, 6.07) is 15.4. The summed E-state index contributed by atoms with van der Waals surface area (Å²) in [6.07, 6.45) is 1.54. The molecule has 1 aliphatic heterocycles. The smallest absolute Gasteiger partial charge is 0.363 e. The minimum absolute atomic E-state index is 0.0321. The van der Waals surface area contributed by atoms with E-state index in [4.69, 9.17) is 21.1 Å². The Balaban J connectivity index is 1.58. The van der Waals surface area contributed by atoms with Crippen LogP contribution in [-0.2, 0) is 16.1 Å². The van der Waals surface area contributed by atoms with Gasteiger partial charge in [-0.1, -0.05) is 41.4 Å². The molecule has 0 fully saturated rings. The first-order valence-corrected chi connectivity index (χ1v) is 11.8. The first-order chi connectivity index (χ1) is 16.2. The van der Waals surface area contributed by atoms with Crippen molar-refractivity contribution in [1.82, 2.24) is 0 Å². The number of rotatable bonds is 6. The summed E-state index contributed by atoms with van der Waals surface area (Å²) in [5.41, 5.74) is 2.87. The van der Waals surface area contributed by atoms with Crippen molar-refractivity contribution in [3.8, 4) is 5.75 Å². The Morgan fingerprint density at radius 2 is 1.79 bits per heavy atom. The average Bonchev–Trinajstić information content (AvgIpc) is 3.14. The van der Waals surface area contributed by atoms with Gasteiger partial charge in [0.1, 0.15) is 12.4 Å². The first-order valence-electron chi connectivity index (χ1n) is 9.85. The predicted molar refractivity (Wildman–Crippen MR) is 136 cm³/mol. The number of halogens is 3. The van der Waals surface area contributed by atoms with Gasteiger partial charge in [0.05, 0.1) is 24.5 Å². The Morgan fingerprint density at radius 1 is 1.12 bits per heavy atom. The maximum Gasteiger partial charge on any atom is 0.363 e. The molecule has 0 saturated carbocycles. The SMILES string of the molecule is Cc1ccc(COc2c(Br)cc(/C=C3\N=C(c4cc([N+](=O)[O-])ccc4Cl)OC3=O)cc2Br)cc1. The molecule has 0 amide bonds. The molecule has 0 bridgehead atoms. The van der Waals surface area contributed by atoms with E-state index >= 15 is 0 Å². The Labute approximate surface area is 216 Å². The molecule has 0 radical (unpaired) electrons. The molecule has 1 heterocycles. The Kier molecular flexibility index (Phi) is 7.16. The molecular formula is C24H15Br2ClN2O5. The van der Waals surface area contributed by atoms with Crippen LogP contribution in [0.1, 0.15) is 22.3 Å². The van der Waals surface area contributed by atoms with Crippen molar-refractivity contribution >= 4 is 67.1 Å². The van der Waals surface area contributed by atoms with Gasteiger partial charge in [0.25, 0.3) is 5.69 Å². The summed E-state index contributed by atoms with van der Waals surface area (Å²) in [4.78, 5) is 27.1. The third-order valence-electron chi connectivity index (χ3n) is 4.84. The molecule has 0 saturated heterocycles. The Bertz CT molecular complexity index is 1350. The number of nitro groups is 1. The van der Waals surface area contributed by atoms with Gasteiger partial charge in [-0.3, -0.25) is 10.1 Å². The molecule has 34 heavy (non-hydrogen) atoms. The standard InChI is InChI=1S/C24H15Br2ClN2O5/c1-13-2-4-14(5-3-13)12-33-22-18(25)8-15(9-19(22)26)10-21-24(30)34-23(28-21)17-11-16(29(31)32)6-7-20(17)27/h2-11H,12H2,1H3/b21-10-. The highest BCUT2D eigenvalue weighted by atomic mass is 79.9. The summed E-state index contributed by atoms with van der Waals surface area (Å²) >= 11 is 13.2. The van der Waals surface area contributed by atoms with Crippen LogP contribution in [-0.4, -0.2) is 16.8 Å². The fourth-order valence-electron chi connectivity index (χ4n) is 3.11. The molecular weight excluding hydrogens is 592 g/mol. The average molecular weight is 607 g/mol. The highest BCUT2D eigenvalue weighted by molar-refractivity contribution is 9.11. The topological polar surface area (TPSA) is 91.0 Å². The van der Waals surface area contributed by atoms with Crippen LogP contribution in [0, 0.1) is 17.0 Å². The van der Waals surface area contributed by atoms with Gasteiger partial charge in [-0.25, -0.2) is 9.79 Å². The number of ether oxygens (including phenoxy) is 2. The van der Waals surface area contributed by atoms with Gasteiger partial charge in [0, 0.05) is 12.1 Å². The summed E-state index contributed by atoms with van der Waals surface area (Å²) in [6.45, 7) is 2.42. The van der Waals surface area contributed by atoms with Gasteiger partial charge < -0.3 is 9.47 Å². The molecule has 0 spiro atoms. The van der Waals surface area contributed by atoms with Crippen molar-refractivity contribution in [1.29, 1.82) is 0 Å². The molecule has 0 aromatic heterocycles. The number of carbonyl (C=O) groups excluding carboxylic acids is 1. The number of hydrogen-bond acceptors (Lipinski definition) is 6. The van der Waals surface area contributed by atoms with Gasteiger partial charge in [-0.15, -0.1) is 0 Å². The van der Waals surface area contributed by atoms with Crippen molar-refractivity contribution in [3.63, 3.8) is 0 Å². The molecule has 4 rings (SSSR count). The van der Waals surface area contributed by atoms with Crippen molar-refractivity contribution in [2.24, 2.45) is 4.99 Å². The van der Waals surface area contributed by atoms with E-state index in [0.717, 1.165) is 5.56 Å². The van der Waals surface area contributed by atoms with Gasteiger partial charge in [-0.05, 0) is 74.2 Å². The van der Waals surface area contributed by atoms with E-state index in [2.05, 4.69) is 36.9 Å². The van der Waals surface area contributed by atoms with Gasteiger partial charge >= 0.3 is 5.97 Å². The van der Waals surface area contributed by atoms with E-state index in [1.165, 1.54) is 23.8 Å². The maximum absolute atomic E-state index is 12.4. The van der Waals surface area contributed by atoms with Gasteiger partial charge in [0.15, 0.2) is 5.70 Å². The number of benzene rings is 3. The fourth-order valence-corrected chi connectivity index (χ4v) is 4.76. The highest BCUT2D eigenvalue weighted by Gasteiger charge is 2.27. The zero-order valence-corrected chi connectivity index (χ0v) is 21.5. The second-order valence-corrected chi connectivity index (χ2v) is 9.46. The summed E-state index contributed by atoms with van der Waals surface area (Å²) in [7, 11) is 0. The monoisotopic (exact) mass is 604 g/mol. The molecule has 3 aromatic carbocycles. The van der Waals surface area contributed by atoms with Crippen LogP contribution in [0.5, 0.6) is 5.75 Å². The lowest BCUT2D eigenvalue weighted by Gasteiger charge is -2.11. The number of nitrogens with zero attached hydrogens (tertiary/aromatic N) is 2. The van der Waals surface area contributed by atoms with Crippen LogP contribution in [0.15, 0.2) is 74.2 Å². The molecule has 3 aromatic rings. The van der Waals surface area contributed by atoms with E-state index in [0.29, 0.717) is 26.9 Å². The number of aliphatic imine (C=N–C) groups is 1. The van der Waals surface area contributed by atoms with Crippen LogP contribution in [0.3, 0.4) is 0 Å². The zero-order chi connectivity index (χ0) is 24.4. The van der Waals surface area contributed by atoms with Crippen molar-refractivity contribution in [3.05, 3.63) is 107 Å². The van der Waals surface area contributed by atoms with Crippen LogP contribution in [0.4, 0.5) is 5.69 Å². The minimum Gasteiger partial charge on any atom is -0.487 e. The third kappa shape index (κ3) is 5.38. The second kappa shape index (κ2) is 10.1. The summed E-state index contributed by atoms with van der Waals surface area (Å²) in [5.74, 6) is -0.171. The molecule has 172 valence electrons. The number of hydrogen-bond donors (Lipinski definition) is 0. The molecule has 0 aliphatic carbocycles. The lowest BCUT2D eigenvalue weighted by Crippen LogP contribution is -2.06. The van der Waals surface area contributed by atoms with Gasteiger partial charge in [0.2, 0.25) is 5.90 Å². The fraction of sp³-hybridized carbons (Fsp3) is 0.0833. The number of non-ortho nitro benzene ring substituents is 1. The highest BCUT2D eigenvalue weighted by Crippen LogP contribution is 2.36. The number of cyclic esters (lactones) is 1. The number of nitro benzene ring substituents is 1. The lowest BCUT2D eigenvalue weighted by atomic mass is 10.1. The number of aryl methyl sites for hydroxylation is 1.